The van der Waals surface area contributed by atoms with Crippen molar-refractivity contribution in [2.75, 3.05) is 6.54 Å². The van der Waals surface area contributed by atoms with Gasteiger partial charge in [-0.1, -0.05) is 0 Å². The van der Waals surface area contributed by atoms with Crippen molar-refractivity contribution < 1.29 is 9.13 Å². The van der Waals surface area contributed by atoms with E-state index in [-0.39, 0.29) is 18.0 Å². The minimum atomic E-state index is -0.201. The largest absolute Gasteiger partial charge is 0.488 e. The van der Waals surface area contributed by atoms with E-state index >= 15 is 0 Å². The number of ether oxygens (including phenoxy) is 1. The molecule has 3 rings (SSSR count). The van der Waals surface area contributed by atoms with Crippen LogP contribution in [0.5, 0.6) is 5.75 Å². The number of hydrogen-bond acceptors (Lipinski definition) is 4. The van der Waals surface area contributed by atoms with Crippen molar-refractivity contribution >= 4 is 11.3 Å². The van der Waals surface area contributed by atoms with Gasteiger partial charge in [0.1, 0.15) is 22.7 Å². The zero-order valence-corrected chi connectivity index (χ0v) is 12.3. The van der Waals surface area contributed by atoms with Crippen LogP contribution >= 0.6 is 11.3 Å². The topological polar surface area (TPSA) is 34.1 Å². The second-order valence-corrected chi connectivity index (χ2v) is 6.04. The number of nitrogens with zero attached hydrogens (tertiary/aromatic N) is 1. The fourth-order valence-electron chi connectivity index (χ4n) is 2.37. The first-order chi connectivity index (χ1) is 9.61. The molecule has 2 atom stereocenters. The molecule has 0 radical (unpaired) electrons. The van der Waals surface area contributed by atoms with E-state index in [4.69, 9.17) is 4.74 Å². The monoisotopic (exact) mass is 292 g/mol. The second-order valence-electron chi connectivity index (χ2n) is 5.15. The number of aryl methyl sites for hydroxylation is 1. The molecule has 1 aliphatic heterocycles. The Bertz CT molecular complexity index is 614. The van der Waals surface area contributed by atoms with Gasteiger partial charge in [0.25, 0.3) is 0 Å². The lowest BCUT2D eigenvalue weighted by molar-refractivity contribution is 0.222. The lowest BCUT2D eigenvalue weighted by Gasteiger charge is -2.15. The standard InChI is InChI=1S/C15H17FN2OS/c1-9-8-20-15(18-9)10(2)17-7-13-6-11-5-12(16)3-4-14(11)19-13/h3-5,8,10,13,17H,6-7H2,1-2H3. The van der Waals surface area contributed by atoms with Crippen LogP contribution in [0.1, 0.15) is 29.2 Å². The Balaban J connectivity index is 1.56. The number of rotatable bonds is 4. The summed E-state index contributed by atoms with van der Waals surface area (Å²) in [6.07, 6.45) is 0.819. The second kappa shape index (κ2) is 5.50. The maximum Gasteiger partial charge on any atom is 0.123 e. The van der Waals surface area contributed by atoms with E-state index in [2.05, 4.69) is 22.6 Å². The highest BCUT2D eigenvalue weighted by Gasteiger charge is 2.23. The van der Waals surface area contributed by atoms with Gasteiger partial charge in [-0.15, -0.1) is 11.3 Å². The van der Waals surface area contributed by atoms with Crippen molar-refractivity contribution in [1.82, 2.24) is 10.3 Å². The first-order valence-electron chi connectivity index (χ1n) is 6.72. The predicted molar refractivity (Wildman–Crippen MR) is 77.8 cm³/mol. The Morgan fingerprint density at radius 2 is 2.40 bits per heavy atom. The summed E-state index contributed by atoms with van der Waals surface area (Å²) in [6, 6.07) is 4.91. The molecule has 2 unspecified atom stereocenters. The molecule has 2 heterocycles. The maximum atomic E-state index is 13.1. The molecule has 0 aliphatic carbocycles. The Labute approximate surface area is 121 Å². The van der Waals surface area contributed by atoms with E-state index in [1.165, 1.54) is 6.07 Å². The molecule has 20 heavy (non-hydrogen) atoms. The molecule has 5 heteroatoms. The molecule has 0 bridgehead atoms. The normalized spacial score (nSPS) is 18.6. The number of halogens is 1. The van der Waals surface area contributed by atoms with Crippen LogP contribution in [0, 0.1) is 12.7 Å². The molecule has 1 aliphatic rings. The lowest BCUT2D eigenvalue weighted by atomic mass is 10.1. The van der Waals surface area contributed by atoms with Crippen LogP contribution in [-0.2, 0) is 6.42 Å². The number of benzene rings is 1. The molecule has 106 valence electrons. The lowest BCUT2D eigenvalue weighted by Crippen LogP contribution is -2.31. The molecule has 0 amide bonds. The number of thiazole rings is 1. The van der Waals surface area contributed by atoms with Crippen molar-refractivity contribution in [2.24, 2.45) is 0 Å². The first-order valence-corrected chi connectivity index (χ1v) is 7.60. The van der Waals surface area contributed by atoms with Crippen LogP contribution < -0.4 is 10.1 Å². The minimum Gasteiger partial charge on any atom is -0.488 e. The highest BCUT2D eigenvalue weighted by Crippen LogP contribution is 2.29. The van der Waals surface area contributed by atoms with Gasteiger partial charge in [-0.2, -0.15) is 0 Å². The zero-order valence-electron chi connectivity index (χ0n) is 11.5. The molecule has 0 fully saturated rings. The summed E-state index contributed by atoms with van der Waals surface area (Å²) in [5.41, 5.74) is 2.01. The predicted octanol–water partition coefficient (Wildman–Crippen LogP) is 3.24. The number of aromatic nitrogens is 1. The van der Waals surface area contributed by atoms with Gasteiger partial charge in [-0.05, 0) is 32.0 Å². The third-order valence-electron chi connectivity index (χ3n) is 3.42. The smallest absolute Gasteiger partial charge is 0.123 e. The van der Waals surface area contributed by atoms with Crippen molar-refractivity contribution in [1.29, 1.82) is 0 Å². The minimum absolute atomic E-state index is 0.0651. The molecule has 2 aromatic rings. The fraction of sp³-hybridized carbons (Fsp3) is 0.400. The first kappa shape index (κ1) is 13.5. The van der Waals surface area contributed by atoms with E-state index in [9.17, 15) is 4.39 Å². The number of fused-ring (bicyclic) bond motifs is 1. The summed E-state index contributed by atoms with van der Waals surface area (Å²) in [7, 11) is 0. The van der Waals surface area contributed by atoms with Gasteiger partial charge < -0.3 is 10.1 Å². The van der Waals surface area contributed by atoms with Crippen molar-refractivity contribution in [2.45, 2.75) is 32.4 Å². The average molecular weight is 292 g/mol. The third kappa shape index (κ3) is 2.83. The summed E-state index contributed by atoms with van der Waals surface area (Å²) in [5.74, 6) is 0.600. The van der Waals surface area contributed by atoms with Gasteiger partial charge in [0, 0.05) is 29.6 Å². The van der Waals surface area contributed by atoms with Crippen molar-refractivity contribution in [3.05, 3.63) is 45.7 Å². The summed E-state index contributed by atoms with van der Waals surface area (Å²) < 4.78 is 19.0. The Kier molecular flexibility index (Phi) is 3.72. The van der Waals surface area contributed by atoms with Gasteiger partial charge >= 0.3 is 0 Å². The summed E-state index contributed by atoms with van der Waals surface area (Å²) in [5, 5.41) is 6.57. The Morgan fingerprint density at radius 1 is 1.55 bits per heavy atom. The summed E-state index contributed by atoms with van der Waals surface area (Å²) in [6.45, 7) is 4.83. The van der Waals surface area contributed by atoms with Crippen molar-refractivity contribution in [3.8, 4) is 5.75 Å². The quantitative estimate of drug-likeness (QED) is 0.939. The van der Waals surface area contributed by atoms with E-state index in [1.54, 1.807) is 23.5 Å². The zero-order chi connectivity index (χ0) is 14.1. The van der Waals surface area contributed by atoms with E-state index < -0.39 is 0 Å². The van der Waals surface area contributed by atoms with Crippen LogP contribution in [0.3, 0.4) is 0 Å². The fourth-order valence-corrected chi connectivity index (χ4v) is 3.20. The molecule has 0 saturated heterocycles. The Hall–Kier alpha value is -1.46. The molecule has 1 aromatic carbocycles. The van der Waals surface area contributed by atoms with Crippen LogP contribution in [0.4, 0.5) is 4.39 Å². The van der Waals surface area contributed by atoms with Gasteiger partial charge in [0.15, 0.2) is 0 Å². The molecule has 0 saturated carbocycles. The number of hydrogen-bond donors (Lipinski definition) is 1. The molecule has 3 nitrogen and oxygen atoms in total. The van der Waals surface area contributed by atoms with Crippen LogP contribution in [0.2, 0.25) is 0 Å². The molecular formula is C15H17FN2OS. The molecule has 1 N–H and O–H groups in total. The van der Waals surface area contributed by atoms with E-state index in [0.717, 1.165) is 35.0 Å². The van der Waals surface area contributed by atoms with Gasteiger partial charge in [-0.3, -0.25) is 0 Å². The highest BCUT2D eigenvalue weighted by atomic mass is 32.1. The van der Waals surface area contributed by atoms with Crippen LogP contribution in [-0.4, -0.2) is 17.6 Å². The van der Waals surface area contributed by atoms with Gasteiger partial charge in [0.05, 0.1) is 6.04 Å². The number of nitrogens with one attached hydrogen (secondary N) is 1. The molecule has 0 spiro atoms. The van der Waals surface area contributed by atoms with E-state index in [0.29, 0.717) is 0 Å². The van der Waals surface area contributed by atoms with Gasteiger partial charge in [-0.25, -0.2) is 9.37 Å². The average Bonchev–Trinajstić information content (AvgIpc) is 3.01. The summed E-state index contributed by atoms with van der Waals surface area (Å²) in [4.78, 5) is 4.47. The van der Waals surface area contributed by atoms with Crippen LogP contribution in [0.25, 0.3) is 0 Å². The SMILES string of the molecule is Cc1csc(C(C)NCC2Cc3cc(F)ccc3O2)n1. The highest BCUT2D eigenvalue weighted by molar-refractivity contribution is 7.09. The molecular weight excluding hydrogens is 275 g/mol. The summed E-state index contributed by atoms with van der Waals surface area (Å²) >= 11 is 1.67. The van der Waals surface area contributed by atoms with Crippen LogP contribution in [0.15, 0.2) is 23.6 Å². The van der Waals surface area contributed by atoms with Crippen molar-refractivity contribution in [3.63, 3.8) is 0 Å². The third-order valence-corrected chi connectivity index (χ3v) is 4.57. The maximum absolute atomic E-state index is 13.1. The van der Waals surface area contributed by atoms with E-state index in [1.807, 2.05) is 6.92 Å². The van der Waals surface area contributed by atoms with Gasteiger partial charge in [0.2, 0.25) is 0 Å². The Morgan fingerprint density at radius 3 is 3.15 bits per heavy atom. The molecule has 1 aromatic heterocycles.